The highest BCUT2D eigenvalue weighted by atomic mass is 32.1. The van der Waals surface area contributed by atoms with E-state index in [1.54, 1.807) is 0 Å². The molecule has 6 heteroatoms. The molecule has 0 amide bonds. The van der Waals surface area contributed by atoms with Crippen molar-refractivity contribution in [3.8, 4) is 0 Å². The number of halogens is 1. The molecule has 0 aliphatic carbocycles. The van der Waals surface area contributed by atoms with Crippen LogP contribution in [0.25, 0.3) is 10.1 Å². The van der Waals surface area contributed by atoms with Crippen LogP contribution in [0.1, 0.15) is 0 Å². The quantitative estimate of drug-likeness (QED) is 0.583. The summed E-state index contributed by atoms with van der Waals surface area (Å²) >= 11 is 0.814. The minimum Gasteiger partial charge on any atom is -0.395 e. The fourth-order valence-corrected chi connectivity index (χ4v) is 2.07. The number of nitro benzene ring substituents is 1. The van der Waals surface area contributed by atoms with E-state index in [-0.39, 0.29) is 11.4 Å². The van der Waals surface area contributed by atoms with Gasteiger partial charge in [-0.1, -0.05) is 0 Å². The van der Waals surface area contributed by atoms with Crippen LogP contribution in [0.2, 0.25) is 0 Å². The third kappa shape index (κ3) is 1.20. The molecule has 0 saturated carbocycles. The first-order valence-corrected chi connectivity index (χ1v) is 4.53. The van der Waals surface area contributed by atoms with Gasteiger partial charge in [-0.15, -0.1) is 11.3 Å². The lowest BCUT2D eigenvalue weighted by Gasteiger charge is -1.91. The summed E-state index contributed by atoms with van der Waals surface area (Å²) in [5, 5.41) is 10.4. The summed E-state index contributed by atoms with van der Waals surface area (Å²) in [5.74, 6) is 0. The van der Waals surface area contributed by atoms with Crippen LogP contribution >= 0.6 is 11.3 Å². The van der Waals surface area contributed by atoms with Crippen molar-refractivity contribution in [1.29, 1.82) is 0 Å². The number of nitrogens with zero attached hydrogens (tertiary/aromatic N) is 1. The minimum atomic E-state index is -0.521. The Morgan fingerprint density at radius 3 is 2.86 bits per heavy atom. The summed E-state index contributed by atoms with van der Waals surface area (Å²) in [6.07, 6.45) is 0. The van der Waals surface area contributed by atoms with E-state index in [4.69, 9.17) is 5.73 Å². The predicted molar refractivity (Wildman–Crippen MR) is 52.8 cm³/mol. The Kier molecular flexibility index (Phi) is 1.85. The fourth-order valence-electron chi connectivity index (χ4n) is 1.19. The van der Waals surface area contributed by atoms with Gasteiger partial charge in [-0.25, -0.2) is 0 Å². The van der Waals surface area contributed by atoms with Crippen LogP contribution in [0.4, 0.5) is 15.8 Å². The number of hydrogen-bond acceptors (Lipinski definition) is 4. The van der Waals surface area contributed by atoms with E-state index in [9.17, 15) is 14.5 Å². The van der Waals surface area contributed by atoms with Gasteiger partial charge in [0.15, 0.2) is 0 Å². The van der Waals surface area contributed by atoms with Gasteiger partial charge in [0.1, 0.15) is 0 Å². The van der Waals surface area contributed by atoms with E-state index in [0.717, 1.165) is 11.3 Å². The molecule has 0 bridgehead atoms. The van der Waals surface area contributed by atoms with Crippen LogP contribution < -0.4 is 5.73 Å². The molecule has 0 fully saturated rings. The summed E-state index contributed by atoms with van der Waals surface area (Å²) in [5.41, 5.74) is 5.43. The van der Waals surface area contributed by atoms with Gasteiger partial charge in [0.25, 0.3) is 5.69 Å². The average Bonchev–Trinajstić information content (AvgIpc) is 2.42. The lowest BCUT2D eigenvalue weighted by Crippen LogP contribution is -1.87. The second kappa shape index (κ2) is 2.91. The maximum Gasteiger partial charge on any atom is 0.270 e. The SMILES string of the molecule is Nc1c(F)sc2cc([N+](=O)[O-])ccc12. The predicted octanol–water partition coefficient (Wildman–Crippen LogP) is 2.53. The van der Waals surface area contributed by atoms with Crippen LogP contribution in [-0.2, 0) is 0 Å². The van der Waals surface area contributed by atoms with Gasteiger partial charge in [-0.2, -0.15) is 4.39 Å². The molecule has 1 aromatic carbocycles. The molecule has 4 nitrogen and oxygen atoms in total. The standard InChI is InChI=1S/C8H5FN2O2S/c9-8-7(10)5-2-1-4(11(12)13)3-6(5)14-8/h1-3H,10H2. The monoisotopic (exact) mass is 212 g/mol. The van der Waals surface area contributed by atoms with Crippen LogP contribution in [0.15, 0.2) is 18.2 Å². The molecule has 1 heterocycles. The molecular formula is C8H5FN2O2S. The number of nitrogens with two attached hydrogens (primary N) is 1. The van der Waals surface area contributed by atoms with E-state index in [2.05, 4.69) is 0 Å². The Labute approximate surface area is 81.9 Å². The van der Waals surface area contributed by atoms with Gasteiger partial charge < -0.3 is 5.73 Å². The van der Waals surface area contributed by atoms with Crippen molar-refractivity contribution in [2.24, 2.45) is 0 Å². The first-order valence-electron chi connectivity index (χ1n) is 3.71. The van der Waals surface area contributed by atoms with Crippen LogP contribution in [0.3, 0.4) is 0 Å². The number of nitro groups is 1. The molecule has 0 aliphatic heterocycles. The van der Waals surface area contributed by atoms with Crippen molar-refractivity contribution in [1.82, 2.24) is 0 Å². The average molecular weight is 212 g/mol. The molecule has 0 saturated heterocycles. The van der Waals surface area contributed by atoms with Gasteiger partial charge >= 0.3 is 0 Å². The summed E-state index contributed by atoms with van der Waals surface area (Å²) in [7, 11) is 0. The summed E-state index contributed by atoms with van der Waals surface area (Å²) in [4.78, 5) is 9.90. The second-order valence-electron chi connectivity index (χ2n) is 2.73. The molecule has 2 rings (SSSR count). The van der Waals surface area contributed by atoms with Gasteiger partial charge in [0, 0.05) is 22.2 Å². The first-order chi connectivity index (χ1) is 6.59. The van der Waals surface area contributed by atoms with E-state index < -0.39 is 10.1 Å². The number of hydrogen-bond donors (Lipinski definition) is 1. The van der Waals surface area contributed by atoms with Crippen molar-refractivity contribution in [3.63, 3.8) is 0 Å². The number of thiophene rings is 1. The number of benzene rings is 1. The normalized spacial score (nSPS) is 10.6. The number of non-ortho nitro benzene ring substituents is 1. The largest absolute Gasteiger partial charge is 0.395 e. The fraction of sp³-hybridized carbons (Fsp3) is 0. The Morgan fingerprint density at radius 1 is 1.50 bits per heavy atom. The molecule has 0 atom stereocenters. The van der Waals surface area contributed by atoms with E-state index >= 15 is 0 Å². The van der Waals surface area contributed by atoms with Gasteiger partial charge in [-0.3, -0.25) is 10.1 Å². The highest BCUT2D eigenvalue weighted by Crippen LogP contribution is 2.34. The van der Waals surface area contributed by atoms with Crippen LogP contribution in [0, 0.1) is 15.2 Å². The zero-order chi connectivity index (χ0) is 10.3. The molecule has 2 aromatic rings. The third-order valence-corrected chi connectivity index (χ3v) is 2.83. The van der Waals surface area contributed by atoms with Crippen molar-refractivity contribution in [2.45, 2.75) is 0 Å². The zero-order valence-corrected chi connectivity index (χ0v) is 7.68. The topological polar surface area (TPSA) is 69.2 Å². The number of nitrogen functional groups attached to an aromatic ring is 1. The molecule has 1 aromatic heterocycles. The summed E-state index contributed by atoms with van der Waals surface area (Å²) < 4.78 is 13.5. The zero-order valence-electron chi connectivity index (χ0n) is 6.86. The van der Waals surface area contributed by atoms with E-state index in [1.165, 1.54) is 18.2 Å². The number of anilines is 1. The minimum absolute atomic E-state index is 0.0555. The summed E-state index contributed by atoms with van der Waals surface area (Å²) in [6, 6.07) is 4.09. The smallest absolute Gasteiger partial charge is 0.270 e. The molecule has 0 unspecified atom stereocenters. The molecule has 14 heavy (non-hydrogen) atoms. The van der Waals surface area contributed by atoms with Gasteiger partial charge in [0.05, 0.1) is 10.6 Å². The molecule has 0 aliphatic rings. The van der Waals surface area contributed by atoms with Crippen molar-refractivity contribution in [3.05, 3.63) is 33.4 Å². The maximum absolute atomic E-state index is 13.0. The third-order valence-electron chi connectivity index (χ3n) is 1.88. The van der Waals surface area contributed by atoms with Gasteiger partial charge in [-0.05, 0) is 6.07 Å². The van der Waals surface area contributed by atoms with Gasteiger partial charge in [0.2, 0.25) is 5.13 Å². The Bertz CT molecular complexity index is 523. The molecule has 0 spiro atoms. The van der Waals surface area contributed by atoms with Crippen molar-refractivity contribution in [2.75, 3.05) is 5.73 Å². The van der Waals surface area contributed by atoms with E-state index in [1.807, 2.05) is 0 Å². The lowest BCUT2D eigenvalue weighted by atomic mass is 10.2. The van der Waals surface area contributed by atoms with Crippen LogP contribution in [-0.4, -0.2) is 4.92 Å². The number of rotatable bonds is 1. The Morgan fingerprint density at radius 2 is 2.21 bits per heavy atom. The molecule has 0 radical (unpaired) electrons. The molecule has 72 valence electrons. The summed E-state index contributed by atoms with van der Waals surface area (Å²) in [6.45, 7) is 0. The Hall–Kier alpha value is -1.69. The first kappa shape index (κ1) is 8.89. The number of fused-ring (bicyclic) bond motifs is 1. The second-order valence-corrected chi connectivity index (χ2v) is 3.73. The van der Waals surface area contributed by atoms with Crippen LogP contribution in [0.5, 0.6) is 0 Å². The van der Waals surface area contributed by atoms with Crippen molar-refractivity contribution < 1.29 is 9.31 Å². The molecule has 2 N–H and O–H groups in total. The van der Waals surface area contributed by atoms with Crippen molar-refractivity contribution >= 4 is 32.8 Å². The highest BCUT2D eigenvalue weighted by molar-refractivity contribution is 7.18. The maximum atomic E-state index is 13.0. The molecular weight excluding hydrogens is 207 g/mol. The highest BCUT2D eigenvalue weighted by Gasteiger charge is 2.12. The Balaban J connectivity index is 2.73. The van der Waals surface area contributed by atoms with E-state index in [0.29, 0.717) is 10.1 Å². The lowest BCUT2D eigenvalue weighted by molar-refractivity contribution is -0.384.